The topological polar surface area (TPSA) is 61.2 Å². The molecule has 1 aromatic heterocycles. The van der Waals surface area contributed by atoms with E-state index in [-0.39, 0.29) is 17.4 Å². The molecule has 2 aromatic rings. The van der Waals surface area contributed by atoms with Crippen LogP contribution in [-0.2, 0) is 16.1 Å². The average molecular weight is 236 g/mol. The highest BCUT2D eigenvalue weighted by molar-refractivity contribution is 5.77. The van der Waals surface area contributed by atoms with Gasteiger partial charge in [0, 0.05) is 6.07 Å². The van der Waals surface area contributed by atoms with Crippen molar-refractivity contribution in [1.29, 1.82) is 0 Å². The number of esters is 1. The van der Waals surface area contributed by atoms with Crippen molar-refractivity contribution in [3.05, 3.63) is 40.7 Å². The van der Waals surface area contributed by atoms with E-state index in [1.165, 1.54) is 31.6 Å². The third-order valence-electron chi connectivity index (χ3n) is 2.31. The molecule has 0 radical (unpaired) electrons. The van der Waals surface area contributed by atoms with Crippen LogP contribution in [0.5, 0.6) is 0 Å². The minimum Gasteiger partial charge on any atom is -0.468 e. The lowest BCUT2D eigenvalue weighted by molar-refractivity contribution is -0.141. The third kappa shape index (κ3) is 2.15. The molecule has 5 nitrogen and oxygen atoms in total. The maximum Gasteiger partial charge on any atom is 0.325 e. The highest BCUT2D eigenvalue weighted by Crippen LogP contribution is 2.08. The molecular formula is C11H9FN2O3. The van der Waals surface area contributed by atoms with Crippen LogP contribution in [0.2, 0.25) is 0 Å². The lowest BCUT2D eigenvalue weighted by Gasteiger charge is -2.04. The molecule has 0 saturated heterocycles. The van der Waals surface area contributed by atoms with Gasteiger partial charge in [0.05, 0.1) is 24.3 Å². The Hall–Kier alpha value is -2.24. The number of nitrogens with zero attached hydrogens (tertiary/aromatic N) is 2. The SMILES string of the molecule is COC(=O)Cn1cnc2cc(F)ccc2c1=O. The molecule has 1 aromatic carbocycles. The predicted octanol–water partition coefficient (Wildman–Crippen LogP) is 0.709. The van der Waals surface area contributed by atoms with Crippen LogP contribution >= 0.6 is 0 Å². The zero-order valence-electron chi connectivity index (χ0n) is 9.01. The van der Waals surface area contributed by atoms with Crippen LogP contribution < -0.4 is 5.56 Å². The molecule has 0 N–H and O–H groups in total. The number of rotatable bonds is 2. The molecule has 6 heteroatoms. The number of methoxy groups -OCH3 is 1. The van der Waals surface area contributed by atoms with Gasteiger partial charge < -0.3 is 4.74 Å². The van der Waals surface area contributed by atoms with E-state index < -0.39 is 17.3 Å². The molecule has 0 saturated carbocycles. The summed E-state index contributed by atoms with van der Waals surface area (Å²) in [7, 11) is 1.23. The quantitative estimate of drug-likeness (QED) is 0.720. The van der Waals surface area contributed by atoms with E-state index in [9.17, 15) is 14.0 Å². The molecule has 0 atom stereocenters. The molecule has 0 aliphatic heterocycles. The molecule has 0 aliphatic rings. The number of carbonyl (C=O) groups is 1. The summed E-state index contributed by atoms with van der Waals surface area (Å²) in [6.07, 6.45) is 1.20. The first-order valence-electron chi connectivity index (χ1n) is 4.83. The fraction of sp³-hybridized carbons (Fsp3) is 0.182. The van der Waals surface area contributed by atoms with E-state index in [2.05, 4.69) is 9.72 Å². The van der Waals surface area contributed by atoms with Gasteiger partial charge in [0.2, 0.25) is 0 Å². The molecule has 0 spiro atoms. The Morgan fingerprint density at radius 2 is 2.29 bits per heavy atom. The summed E-state index contributed by atoms with van der Waals surface area (Å²) in [4.78, 5) is 26.8. The second-order valence-corrected chi connectivity index (χ2v) is 3.42. The second-order valence-electron chi connectivity index (χ2n) is 3.42. The van der Waals surface area contributed by atoms with Gasteiger partial charge >= 0.3 is 5.97 Å². The van der Waals surface area contributed by atoms with Crippen molar-refractivity contribution in [3.8, 4) is 0 Å². The van der Waals surface area contributed by atoms with Gasteiger partial charge in [-0.1, -0.05) is 0 Å². The van der Waals surface area contributed by atoms with Gasteiger partial charge in [-0.2, -0.15) is 0 Å². The van der Waals surface area contributed by atoms with E-state index >= 15 is 0 Å². The van der Waals surface area contributed by atoms with Crippen LogP contribution in [0.3, 0.4) is 0 Å². The molecule has 0 bridgehead atoms. The van der Waals surface area contributed by atoms with Crippen LogP contribution in [0.15, 0.2) is 29.3 Å². The number of halogens is 1. The van der Waals surface area contributed by atoms with Crippen LogP contribution in [0.4, 0.5) is 4.39 Å². The monoisotopic (exact) mass is 236 g/mol. The van der Waals surface area contributed by atoms with Crippen LogP contribution in [0, 0.1) is 5.82 Å². The minimum atomic E-state index is -0.546. The smallest absolute Gasteiger partial charge is 0.325 e. The highest BCUT2D eigenvalue weighted by Gasteiger charge is 2.08. The number of fused-ring (bicyclic) bond motifs is 1. The lowest BCUT2D eigenvalue weighted by atomic mass is 10.2. The molecule has 0 amide bonds. The number of benzene rings is 1. The average Bonchev–Trinajstić information content (AvgIpc) is 2.32. The van der Waals surface area contributed by atoms with Crippen molar-refractivity contribution in [2.45, 2.75) is 6.54 Å². The Bertz CT molecular complexity index is 636. The molecule has 0 aliphatic carbocycles. The van der Waals surface area contributed by atoms with Gasteiger partial charge in [-0.25, -0.2) is 9.37 Å². The first kappa shape index (κ1) is 11.3. The van der Waals surface area contributed by atoms with Crippen molar-refractivity contribution in [3.63, 3.8) is 0 Å². The summed E-state index contributed by atoms with van der Waals surface area (Å²) in [6.45, 7) is -0.213. The third-order valence-corrected chi connectivity index (χ3v) is 2.31. The summed E-state index contributed by atoms with van der Waals surface area (Å²) >= 11 is 0. The van der Waals surface area contributed by atoms with Crippen molar-refractivity contribution in [1.82, 2.24) is 9.55 Å². The fourth-order valence-electron chi connectivity index (χ4n) is 1.45. The van der Waals surface area contributed by atoms with E-state index in [0.717, 1.165) is 4.57 Å². The van der Waals surface area contributed by atoms with Crippen molar-refractivity contribution >= 4 is 16.9 Å². The molecule has 0 fully saturated rings. The molecule has 17 heavy (non-hydrogen) atoms. The summed E-state index contributed by atoms with van der Waals surface area (Å²) in [5.41, 5.74) is -0.142. The van der Waals surface area contributed by atoms with Gasteiger partial charge in [-0.3, -0.25) is 14.2 Å². The number of hydrogen-bond acceptors (Lipinski definition) is 4. The largest absolute Gasteiger partial charge is 0.468 e. The van der Waals surface area contributed by atoms with Crippen LogP contribution in [0.1, 0.15) is 0 Å². The predicted molar refractivity (Wildman–Crippen MR) is 58.0 cm³/mol. The Kier molecular flexibility index (Phi) is 2.86. The number of hydrogen-bond donors (Lipinski definition) is 0. The molecule has 0 unspecified atom stereocenters. The fourth-order valence-corrected chi connectivity index (χ4v) is 1.45. The number of carbonyl (C=O) groups excluding carboxylic acids is 1. The standard InChI is InChI=1S/C11H9FN2O3/c1-17-10(15)5-14-6-13-9-4-7(12)2-3-8(9)11(14)16/h2-4,6H,5H2,1H3. The molecular weight excluding hydrogens is 227 g/mol. The first-order chi connectivity index (χ1) is 8.11. The van der Waals surface area contributed by atoms with Crippen molar-refractivity contribution < 1.29 is 13.9 Å². The zero-order chi connectivity index (χ0) is 12.4. The maximum atomic E-state index is 12.9. The van der Waals surface area contributed by atoms with E-state index in [0.29, 0.717) is 0 Å². The van der Waals surface area contributed by atoms with Gasteiger partial charge in [0.25, 0.3) is 5.56 Å². The molecule has 2 rings (SSSR count). The molecule has 88 valence electrons. The Balaban J connectivity index is 2.54. The van der Waals surface area contributed by atoms with Gasteiger partial charge in [0.1, 0.15) is 12.4 Å². The Morgan fingerprint density at radius 3 is 3.00 bits per heavy atom. The number of ether oxygens (including phenoxy) is 1. The Morgan fingerprint density at radius 1 is 1.53 bits per heavy atom. The minimum absolute atomic E-state index is 0.213. The van der Waals surface area contributed by atoms with Gasteiger partial charge in [-0.05, 0) is 12.1 Å². The summed E-state index contributed by atoms with van der Waals surface area (Å²) in [5.74, 6) is -1.01. The Labute approximate surface area is 95.5 Å². The normalized spacial score (nSPS) is 10.5. The van der Waals surface area contributed by atoms with E-state index in [1.54, 1.807) is 0 Å². The highest BCUT2D eigenvalue weighted by atomic mass is 19.1. The summed E-state index contributed by atoms with van der Waals surface area (Å²) in [5, 5.41) is 0.262. The van der Waals surface area contributed by atoms with E-state index in [1.807, 2.05) is 0 Å². The van der Waals surface area contributed by atoms with Crippen molar-refractivity contribution in [2.75, 3.05) is 7.11 Å². The lowest BCUT2D eigenvalue weighted by Crippen LogP contribution is -2.25. The van der Waals surface area contributed by atoms with Crippen LogP contribution in [-0.4, -0.2) is 22.6 Å². The molecule has 1 heterocycles. The first-order valence-corrected chi connectivity index (χ1v) is 4.83. The van der Waals surface area contributed by atoms with Gasteiger partial charge in [-0.15, -0.1) is 0 Å². The van der Waals surface area contributed by atoms with Gasteiger partial charge in [0.15, 0.2) is 0 Å². The number of aromatic nitrogens is 2. The summed E-state index contributed by atoms with van der Waals surface area (Å²) in [6, 6.07) is 3.68. The summed E-state index contributed by atoms with van der Waals surface area (Å²) < 4.78 is 18.5. The van der Waals surface area contributed by atoms with Crippen LogP contribution in [0.25, 0.3) is 10.9 Å². The second kappa shape index (κ2) is 4.32. The van der Waals surface area contributed by atoms with E-state index in [4.69, 9.17) is 0 Å². The maximum absolute atomic E-state index is 12.9. The zero-order valence-corrected chi connectivity index (χ0v) is 9.01. The van der Waals surface area contributed by atoms with Crippen molar-refractivity contribution in [2.24, 2.45) is 0 Å².